The molecule has 1 amide bonds. The summed E-state index contributed by atoms with van der Waals surface area (Å²) in [7, 11) is 0. The van der Waals surface area contributed by atoms with E-state index in [1.807, 2.05) is 24.3 Å². The molecule has 0 saturated carbocycles. The van der Waals surface area contributed by atoms with Gasteiger partial charge in [-0.1, -0.05) is 34.5 Å². The van der Waals surface area contributed by atoms with Crippen LogP contribution in [0.4, 0.5) is 0 Å². The van der Waals surface area contributed by atoms with Crippen LogP contribution in [0.3, 0.4) is 0 Å². The molecule has 100 valence electrons. The zero-order chi connectivity index (χ0) is 13.2. The van der Waals surface area contributed by atoms with E-state index in [1.165, 1.54) is 5.56 Å². The van der Waals surface area contributed by atoms with E-state index < -0.39 is 0 Å². The Morgan fingerprint density at radius 1 is 1.22 bits per heavy atom. The minimum absolute atomic E-state index is 0.106. The summed E-state index contributed by atoms with van der Waals surface area (Å²) in [5.74, 6) is 4.88. The number of nitrogens with two attached hydrogens (primary N) is 1. The van der Waals surface area contributed by atoms with Gasteiger partial charge in [-0.25, -0.2) is 5.84 Å². The first kappa shape index (κ1) is 15.1. The summed E-state index contributed by atoms with van der Waals surface area (Å²) in [6.45, 7) is 1.36. The van der Waals surface area contributed by atoms with Crippen molar-refractivity contribution in [3.8, 4) is 0 Å². The van der Waals surface area contributed by atoms with E-state index in [9.17, 15) is 4.79 Å². The lowest BCUT2D eigenvalue weighted by Gasteiger charge is -2.04. The van der Waals surface area contributed by atoms with Gasteiger partial charge in [-0.2, -0.15) is 0 Å². The van der Waals surface area contributed by atoms with Gasteiger partial charge in [0, 0.05) is 17.5 Å². The number of carbonyl (C=O) groups excluding carboxylic acids is 1. The number of unbranched alkanes of at least 4 members (excludes halogenated alkanes) is 2. The third-order valence-electron chi connectivity index (χ3n) is 2.54. The zero-order valence-corrected chi connectivity index (χ0v) is 11.9. The van der Waals surface area contributed by atoms with E-state index in [2.05, 4.69) is 21.4 Å². The van der Waals surface area contributed by atoms with Crippen LogP contribution < -0.4 is 11.3 Å². The summed E-state index contributed by atoms with van der Waals surface area (Å²) in [6, 6.07) is 8.08. The molecule has 0 saturated heterocycles. The Bertz CT molecular complexity index is 355. The van der Waals surface area contributed by atoms with Gasteiger partial charge in [-0.05, 0) is 30.5 Å². The van der Waals surface area contributed by atoms with Gasteiger partial charge in [0.15, 0.2) is 0 Å². The molecule has 5 heteroatoms. The van der Waals surface area contributed by atoms with Crippen LogP contribution in [-0.4, -0.2) is 12.5 Å². The van der Waals surface area contributed by atoms with Crippen LogP contribution in [0.1, 0.15) is 31.2 Å². The van der Waals surface area contributed by atoms with Crippen molar-refractivity contribution in [1.29, 1.82) is 0 Å². The van der Waals surface area contributed by atoms with Crippen LogP contribution in [0.5, 0.6) is 0 Å². The first-order chi connectivity index (χ1) is 8.72. The molecular formula is C13H19BrN2O2. The van der Waals surface area contributed by atoms with Gasteiger partial charge in [-0.3, -0.25) is 10.2 Å². The standard InChI is InChI=1S/C13H19BrN2O2/c14-12-7-5-11(6-8-12)10-18-9-3-1-2-4-13(17)16-15/h5-8H,1-4,9-10,15H2,(H,16,17). The van der Waals surface area contributed by atoms with Gasteiger partial charge >= 0.3 is 0 Å². The van der Waals surface area contributed by atoms with E-state index in [4.69, 9.17) is 10.6 Å². The second-order valence-electron chi connectivity index (χ2n) is 4.06. The number of rotatable bonds is 8. The van der Waals surface area contributed by atoms with Crippen LogP contribution in [0.2, 0.25) is 0 Å². The third kappa shape index (κ3) is 6.74. The van der Waals surface area contributed by atoms with Gasteiger partial charge in [0.25, 0.3) is 0 Å². The number of carbonyl (C=O) groups is 1. The number of amides is 1. The van der Waals surface area contributed by atoms with Crippen molar-refractivity contribution in [2.75, 3.05) is 6.61 Å². The number of ether oxygens (including phenoxy) is 1. The Morgan fingerprint density at radius 2 is 1.94 bits per heavy atom. The van der Waals surface area contributed by atoms with Crippen LogP contribution in [-0.2, 0) is 16.1 Å². The maximum Gasteiger partial charge on any atom is 0.233 e. The molecule has 0 bridgehead atoms. The molecule has 0 aromatic heterocycles. The molecule has 1 aromatic rings. The summed E-state index contributed by atoms with van der Waals surface area (Å²) < 4.78 is 6.63. The van der Waals surface area contributed by atoms with Crippen molar-refractivity contribution in [2.24, 2.45) is 5.84 Å². The molecule has 0 aliphatic heterocycles. The topological polar surface area (TPSA) is 64.3 Å². The molecule has 1 rings (SSSR count). The SMILES string of the molecule is NNC(=O)CCCCCOCc1ccc(Br)cc1. The van der Waals surface area contributed by atoms with Crippen molar-refractivity contribution in [1.82, 2.24) is 5.43 Å². The Labute approximate surface area is 116 Å². The molecular weight excluding hydrogens is 296 g/mol. The molecule has 3 N–H and O–H groups in total. The molecule has 0 aliphatic rings. The fourth-order valence-corrected chi connectivity index (χ4v) is 1.77. The largest absolute Gasteiger partial charge is 0.377 e. The number of hydrazine groups is 1. The van der Waals surface area contributed by atoms with Crippen LogP contribution >= 0.6 is 15.9 Å². The molecule has 0 aliphatic carbocycles. The number of halogens is 1. The van der Waals surface area contributed by atoms with Gasteiger partial charge < -0.3 is 4.74 Å². The van der Waals surface area contributed by atoms with Crippen LogP contribution in [0, 0.1) is 0 Å². The summed E-state index contributed by atoms with van der Waals surface area (Å²) in [5, 5.41) is 0. The quantitative estimate of drug-likeness (QED) is 0.335. The Morgan fingerprint density at radius 3 is 2.61 bits per heavy atom. The van der Waals surface area contributed by atoms with Crippen molar-refractivity contribution < 1.29 is 9.53 Å². The predicted molar refractivity (Wildman–Crippen MR) is 74.6 cm³/mol. The molecule has 1 aromatic carbocycles. The van der Waals surface area contributed by atoms with Crippen molar-refractivity contribution in [3.05, 3.63) is 34.3 Å². The van der Waals surface area contributed by atoms with E-state index >= 15 is 0 Å². The maximum absolute atomic E-state index is 10.8. The third-order valence-corrected chi connectivity index (χ3v) is 3.06. The van der Waals surface area contributed by atoms with Crippen molar-refractivity contribution >= 4 is 21.8 Å². The van der Waals surface area contributed by atoms with E-state index in [-0.39, 0.29) is 5.91 Å². The summed E-state index contributed by atoms with van der Waals surface area (Å²) in [5.41, 5.74) is 3.29. The maximum atomic E-state index is 10.8. The summed E-state index contributed by atoms with van der Waals surface area (Å²) >= 11 is 3.39. The molecule has 18 heavy (non-hydrogen) atoms. The summed E-state index contributed by atoms with van der Waals surface area (Å²) in [4.78, 5) is 10.8. The van der Waals surface area contributed by atoms with Crippen molar-refractivity contribution in [3.63, 3.8) is 0 Å². The van der Waals surface area contributed by atoms with E-state index in [0.29, 0.717) is 13.0 Å². The number of hydrogen-bond donors (Lipinski definition) is 2. The average Bonchev–Trinajstić information content (AvgIpc) is 2.39. The second-order valence-corrected chi connectivity index (χ2v) is 4.97. The highest BCUT2D eigenvalue weighted by atomic mass is 79.9. The molecule has 0 spiro atoms. The average molecular weight is 315 g/mol. The lowest BCUT2D eigenvalue weighted by molar-refractivity contribution is -0.121. The minimum Gasteiger partial charge on any atom is -0.377 e. The van der Waals surface area contributed by atoms with Gasteiger partial charge in [0.05, 0.1) is 6.61 Å². The highest BCUT2D eigenvalue weighted by molar-refractivity contribution is 9.10. The number of hydrogen-bond acceptors (Lipinski definition) is 3. The Balaban J connectivity index is 1.99. The minimum atomic E-state index is -0.106. The van der Waals surface area contributed by atoms with Crippen molar-refractivity contribution in [2.45, 2.75) is 32.3 Å². The number of benzene rings is 1. The molecule has 0 heterocycles. The molecule has 0 unspecified atom stereocenters. The predicted octanol–water partition coefficient (Wildman–Crippen LogP) is 2.52. The molecule has 4 nitrogen and oxygen atoms in total. The first-order valence-corrected chi connectivity index (χ1v) is 6.83. The first-order valence-electron chi connectivity index (χ1n) is 6.04. The highest BCUT2D eigenvalue weighted by Crippen LogP contribution is 2.11. The number of nitrogens with one attached hydrogen (secondary N) is 1. The zero-order valence-electron chi connectivity index (χ0n) is 10.3. The lowest BCUT2D eigenvalue weighted by atomic mass is 10.2. The second kappa shape index (κ2) is 9.08. The molecule has 0 fully saturated rings. The van der Waals surface area contributed by atoms with Gasteiger partial charge in [0.2, 0.25) is 5.91 Å². The fraction of sp³-hybridized carbons (Fsp3) is 0.462. The molecule has 0 atom stereocenters. The van der Waals surface area contributed by atoms with Gasteiger partial charge in [-0.15, -0.1) is 0 Å². The van der Waals surface area contributed by atoms with Crippen LogP contribution in [0.15, 0.2) is 28.7 Å². The Kier molecular flexibility index (Phi) is 7.64. The van der Waals surface area contributed by atoms with E-state index in [1.54, 1.807) is 0 Å². The lowest BCUT2D eigenvalue weighted by Crippen LogP contribution is -2.29. The van der Waals surface area contributed by atoms with E-state index in [0.717, 1.165) is 30.3 Å². The monoisotopic (exact) mass is 314 g/mol. The normalized spacial score (nSPS) is 10.3. The Hall–Kier alpha value is -0.910. The highest BCUT2D eigenvalue weighted by Gasteiger charge is 1.98. The molecule has 0 radical (unpaired) electrons. The van der Waals surface area contributed by atoms with Crippen LogP contribution in [0.25, 0.3) is 0 Å². The summed E-state index contributed by atoms with van der Waals surface area (Å²) in [6.07, 6.45) is 3.29. The van der Waals surface area contributed by atoms with Gasteiger partial charge in [0.1, 0.15) is 0 Å². The fourth-order valence-electron chi connectivity index (χ4n) is 1.51. The smallest absolute Gasteiger partial charge is 0.233 e.